The minimum atomic E-state index is -0.810. The van der Waals surface area contributed by atoms with E-state index in [1.165, 1.54) is 24.3 Å². The molecule has 0 spiro atoms. The lowest BCUT2D eigenvalue weighted by Gasteiger charge is -2.52. The number of carbonyl (C=O) groups excluding carboxylic acids is 2. The number of Topliss-reactive ketones (excluding diaryl/α,β-unsaturated/α-hetero) is 1. The quantitative estimate of drug-likeness (QED) is 0.362. The molecule has 6 rings (SSSR count). The summed E-state index contributed by atoms with van der Waals surface area (Å²) in [7, 11) is 0. The zero-order valence-corrected chi connectivity index (χ0v) is 19.9. The summed E-state index contributed by atoms with van der Waals surface area (Å²) in [6.45, 7) is 2.93. The number of benzene rings is 3. The van der Waals surface area contributed by atoms with Crippen molar-refractivity contribution in [3.8, 4) is 0 Å². The highest BCUT2D eigenvalue weighted by molar-refractivity contribution is 5.96. The average molecular weight is 492 g/mol. The summed E-state index contributed by atoms with van der Waals surface area (Å²) in [6, 6.07) is 20.7. The number of nitrogens with zero attached hydrogens (tertiary/aromatic N) is 1. The smallest absolute Gasteiger partial charge is 0.408 e. The standard InChI is InChI=1S/C29H28F2N2O3/c30-24-10-6-22(7-11-24)28(23-8-12-25(31)13-9-23)36-29(35)32-26-18-33(16-14-20(26)15-17-33)19-27(34)21-4-2-1-3-5-21/h1-13,20,26,28H,14-19H2/p+1/t20?,26-,33?/m0/s1. The second-order valence-electron chi connectivity index (χ2n) is 9.90. The summed E-state index contributed by atoms with van der Waals surface area (Å²) < 4.78 is 33.5. The van der Waals surface area contributed by atoms with Gasteiger partial charge < -0.3 is 14.5 Å². The van der Waals surface area contributed by atoms with Gasteiger partial charge in [0, 0.05) is 18.4 Å². The third kappa shape index (κ3) is 5.31. The van der Waals surface area contributed by atoms with E-state index in [-0.39, 0.29) is 11.8 Å². The molecule has 5 nitrogen and oxygen atoms in total. The fourth-order valence-corrected chi connectivity index (χ4v) is 5.59. The van der Waals surface area contributed by atoms with Crippen LogP contribution in [0.2, 0.25) is 0 Å². The number of rotatable bonds is 7. The van der Waals surface area contributed by atoms with Gasteiger partial charge in [0.25, 0.3) is 0 Å². The molecule has 3 aliphatic rings. The summed E-state index contributed by atoms with van der Waals surface area (Å²) in [5.41, 5.74) is 1.89. The summed E-state index contributed by atoms with van der Waals surface area (Å²) in [5.74, 6) is -0.343. The van der Waals surface area contributed by atoms with E-state index in [2.05, 4.69) is 5.32 Å². The number of ether oxygens (including phenoxy) is 1. The molecule has 3 fully saturated rings. The molecular weight excluding hydrogens is 462 g/mol. The van der Waals surface area contributed by atoms with Gasteiger partial charge in [-0.25, -0.2) is 13.6 Å². The maximum Gasteiger partial charge on any atom is 0.408 e. The van der Waals surface area contributed by atoms with Crippen molar-refractivity contribution in [2.24, 2.45) is 5.92 Å². The van der Waals surface area contributed by atoms with Crippen LogP contribution in [0.25, 0.3) is 0 Å². The zero-order chi connectivity index (χ0) is 25.1. The topological polar surface area (TPSA) is 55.4 Å². The van der Waals surface area contributed by atoms with E-state index in [9.17, 15) is 18.4 Å². The molecule has 0 unspecified atom stereocenters. The van der Waals surface area contributed by atoms with Crippen LogP contribution in [0, 0.1) is 17.6 Å². The van der Waals surface area contributed by atoms with Crippen LogP contribution in [-0.2, 0) is 4.74 Å². The molecule has 3 saturated heterocycles. The van der Waals surface area contributed by atoms with Gasteiger partial charge in [-0.1, -0.05) is 54.6 Å². The maximum atomic E-state index is 13.5. The van der Waals surface area contributed by atoms with Crippen molar-refractivity contribution in [3.05, 3.63) is 107 Å². The Morgan fingerprint density at radius 1 is 0.861 bits per heavy atom. The summed E-state index contributed by atoms with van der Waals surface area (Å²) in [6.07, 6.45) is 0.480. The van der Waals surface area contributed by atoms with Crippen molar-refractivity contribution in [2.45, 2.75) is 25.0 Å². The highest BCUT2D eigenvalue weighted by atomic mass is 19.1. The van der Waals surface area contributed by atoms with E-state index in [1.807, 2.05) is 30.3 Å². The number of amides is 1. The largest absolute Gasteiger partial charge is 0.436 e. The first kappa shape index (κ1) is 24.1. The fraction of sp³-hybridized carbons (Fsp3) is 0.310. The predicted molar refractivity (Wildman–Crippen MR) is 131 cm³/mol. The molecule has 1 atom stereocenters. The van der Waals surface area contributed by atoms with Gasteiger partial charge in [0.2, 0.25) is 5.78 Å². The fourth-order valence-electron chi connectivity index (χ4n) is 5.59. The molecule has 2 bridgehead atoms. The molecule has 7 heteroatoms. The molecule has 3 heterocycles. The molecule has 0 radical (unpaired) electrons. The molecule has 186 valence electrons. The van der Waals surface area contributed by atoms with Crippen molar-refractivity contribution in [1.29, 1.82) is 0 Å². The first-order chi connectivity index (χ1) is 17.4. The number of fused-ring (bicyclic) bond motifs is 3. The monoisotopic (exact) mass is 491 g/mol. The summed E-state index contributed by atoms with van der Waals surface area (Å²) >= 11 is 0. The Bertz CT molecular complexity index is 1160. The van der Waals surface area contributed by atoms with Crippen molar-refractivity contribution in [3.63, 3.8) is 0 Å². The minimum Gasteiger partial charge on any atom is -0.436 e. The van der Waals surface area contributed by atoms with Gasteiger partial charge >= 0.3 is 6.09 Å². The van der Waals surface area contributed by atoms with E-state index in [1.54, 1.807) is 24.3 Å². The van der Waals surface area contributed by atoms with Crippen LogP contribution < -0.4 is 5.32 Å². The second-order valence-corrected chi connectivity index (χ2v) is 9.90. The Morgan fingerprint density at radius 3 is 1.97 bits per heavy atom. The average Bonchev–Trinajstić information content (AvgIpc) is 2.89. The number of carbonyl (C=O) groups is 2. The van der Waals surface area contributed by atoms with Gasteiger partial charge in [-0.3, -0.25) is 4.79 Å². The SMILES string of the molecule is O=C(N[C@H]1C[N+]2(CC(=O)c3ccccc3)CCC1CC2)OC(c1ccc(F)cc1)c1ccc(F)cc1. The number of hydrogen-bond donors (Lipinski definition) is 1. The van der Waals surface area contributed by atoms with E-state index in [4.69, 9.17) is 4.74 Å². The van der Waals surface area contributed by atoms with Gasteiger partial charge in [0.05, 0.1) is 25.7 Å². The molecule has 0 aliphatic carbocycles. The molecule has 0 aromatic heterocycles. The van der Waals surface area contributed by atoms with Gasteiger partial charge in [-0.05, 0) is 41.3 Å². The summed E-state index contributed by atoms with van der Waals surface area (Å²) in [5, 5.41) is 3.04. The number of quaternary nitrogens is 1. The summed E-state index contributed by atoms with van der Waals surface area (Å²) in [4.78, 5) is 26.0. The van der Waals surface area contributed by atoms with Gasteiger partial charge in [-0.15, -0.1) is 0 Å². The molecule has 1 amide bonds. The van der Waals surface area contributed by atoms with Crippen LogP contribution >= 0.6 is 0 Å². The lowest BCUT2D eigenvalue weighted by Crippen LogP contribution is -2.68. The Morgan fingerprint density at radius 2 is 1.42 bits per heavy atom. The Labute approximate surface area is 209 Å². The maximum absolute atomic E-state index is 13.5. The molecule has 3 aliphatic heterocycles. The molecule has 3 aromatic rings. The van der Waals surface area contributed by atoms with Gasteiger partial charge in [0.15, 0.2) is 6.10 Å². The van der Waals surface area contributed by atoms with E-state index < -0.39 is 23.8 Å². The first-order valence-corrected chi connectivity index (χ1v) is 12.3. The molecule has 0 saturated carbocycles. The molecular formula is C29H29F2N2O3+. The van der Waals surface area contributed by atoms with Crippen LogP contribution in [0.5, 0.6) is 0 Å². The number of halogens is 2. The normalized spacial score (nSPS) is 22.9. The van der Waals surface area contributed by atoms with Gasteiger partial charge in [-0.2, -0.15) is 0 Å². The predicted octanol–water partition coefficient (Wildman–Crippen LogP) is 5.27. The van der Waals surface area contributed by atoms with Crippen LogP contribution in [0.1, 0.15) is 40.4 Å². The van der Waals surface area contributed by atoms with Gasteiger partial charge in [0.1, 0.15) is 18.2 Å². The third-order valence-electron chi connectivity index (χ3n) is 7.55. The van der Waals surface area contributed by atoms with Crippen LogP contribution in [-0.4, -0.2) is 48.6 Å². The van der Waals surface area contributed by atoms with E-state index >= 15 is 0 Å². The van der Waals surface area contributed by atoms with Crippen molar-refractivity contribution >= 4 is 11.9 Å². The molecule has 1 N–H and O–H groups in total. The van der Waals surface area contributed by atoms with E-state index in [0.717, 1.165) is 25.9 Å². The minimum absolute atomic E-state index is 0.106. The molecule has 3 aromatic carbocycles. The lowest BCUT2D eigenvalue weighted by molar-refractivity contribution is -0.936. The number of nitrogens with one attached hydrogen (secondary N) is 1. The Hall–Kier alpha value is -3.58. The third-order valence-corrected chi connectivity index (χ3v) is 7.55. The number of piperidine rings is 3. The highest BCUT2D eigenvalue weighted by Gasteiger charge is 2.47. The number of ketones is 1. The van der Waals surface area contributed by atoms with E-state index in [0.29, 0.717) is 40.2 Å². The number of hydrogen-bond acceptors (Lipinski definition) is 3. The van der Waals surface area contributed by atoms with Crippen molar-refractivity contribution in [2.75, 3.05) is 26.2 Å². The Kier molecular flexibility index (Phi) is 6.83. The van der Waals surface area contributed by atoms with Crippen molar-refractivity contribution < 1.29 is 27.6 Å². The van der Waals surface area contributed by atoms with Crippen molar-refractivity contribution in [1.82, 2.24) is 5.32 Å². The van der Waals surface area contributed by atoms with Crippen LogP contribution in [0.3, 0.4) is 0 Å². The second kappa shape index (κ2) is 10.2. The molecule has 36 heavy (non-hydrogen) atoms. The highest BCUT2D eigenvalue weighted by Crippen LogP contribution is 2.35. The first-order valence-electron chi connectivity index (χ1n) is 12.3. The van der Waals surface area contributed by atoms with Crippen LogP contribution in [0.4, 0.5) is 13.6 Å². The lowest BCUT2D eigenvalue weighted by atomic mass is 9.81. The number of alkyl carbamates (subject to hydrolysis) is 1. The Balaban J connectivity index is 1.29. The van der Waals surface area contributed by atoms with Crippen LogP contribution in [0.15, 0.2) is 78.9 Å². The zero-order valence-electron chi connectivity index (χ0n) is 19.9.